The second kappa shape index (κ2) is 9.86. The van der Waals surface area contributed by atoms with Crippen molar-refractivity contribution in [3.63, 3.8) is 0 Å². The maximum absolute atomic E-state index is 13.6. The lowest BCUT2D eigenvalue weighted by molar-refractivity contribution is 0.124. The first-order valence-electron chi connectivity index (χ1n) is 11.4. The minimum absolute atomic E-state index is 0.0361. The largest absolute Gasteiger partial charge is 0.393 e. The van der Waals surface area contributed by atoms with E-state index in [2.05, 4.69) is 37.1 Å². The Morgan fingerprint density at radius 2 is 2.03 bits per heavy atom. The highest BCUT2D eigenvalue weighted by atomic mass is 35.5. The van der Waals surface area contributed by atoms with Gasteiger partial charge in [-0.1, -0.05) is 23.7 Å². The van der Waals surface area contributed by atoms with E-state index in [9.17, 15) is 14.8 Å². The van der Waals surface area contributed by atoms with Crippen molar-refractivity contribution in [2.24, 2.45) is 0 Å². The number of fused-ring (bicyclic) bond motifs is 1. The summed E-state index contributed by atoms with van der Waals surface area (Å²) in [4.78, 5) is 4.42. The number of hydrogen-bond acceptors (Lipinski definition) is 7. The molecule has 1 aliphatic rings. The van der Waals surface area contributed by atoms with Crippen molar-refractivity contribution in [1.82, 2.24) is 20.4 Å². The fraction of sp³-hybridized carbons (Fsp3) is 0.280. The van der Waals surface area contributed by atoms with E-state index < -0.39 is 6.04 Å². The van der Waals surface area contributed by atoms with Gasteiger partial charge in [0.15, 0.2) is 0 Å². The van der Waals surface area contributed by atoms with Crippen LogP contribution in [0.2, 0.25) is 5.02 Å². The average molecular weight is 492 g/mol. The molecule has 0 amide bonds. The van der Waals surface area contributed by atoms with E-state index in [0.29, 0.717) is 45.0 Å². The number of H-pyrrole nitrogens is 1. The molecule has 3 atom stereocenters. The van der Waals surface area contributed by atoms with Crippen LogP contribution < -0.4 is 10.6 Å². The zero-order valence-corrected chi connectivity index (χ0v) is 19.4. The van der Waals surface area contributed by atoms with Crippen LogP contribution in [0.3, 0.4) is 0 Å². The van der Waals surface area contributed by atoms with Crippen molar-refractivity contribution in [3.05, 3.63) is 76.5 Å². The summed E-state index contributed by atoms with van der Waals surface area (Å²) in [6.07, 6.45) is 5.95. The third-order valence-electron chi connectivity index (χ3n) is 6.28. The van der Waals surface area contributed by atoms with E-state index in [-0.39, 0.29) is 18.0 Å². The van der Waals surface area contributed by atoms with E-state index in [1.54, 1.807) is 24.4 Å². The van der Waals surface area contributed by atoms with Crippen molar-refractivity contribution in [2.45, 2.75) is 43.9 Å². The molecule has 0 bridgehead atoms. The Labute approximate surface area is 206 Å². The number of benzene rings is 2. The second-order valence-electron chi connectivity index (χ2n) is 8.70. The minimum Gasteiger partial charge on any atom is -0.393 e. The van der Waals surface area contributed by atoms with Gasteiger partial charge in [-0.15, -0.1) is 0 Å². The number of aromatic amines is 1. The molecule has 2 heterocycles. The fourth-order valence-corrected chi connectivity index (χ4v) is 4.85. The van der Waals surface area contributed by atoms with Crippen LogP contribution in [-0.4, -0.2) is 37.6 Å². The van der Waals surface area contributed by atoms with Crippen LogP contribution in [0.4, 0.5) is 15.8 Å². The summed E-state index contributed by atoms with van der Waals surface area (Å²) in [6.45, 7) is 0. The van der Waals surface area contributed by atoms with Gasteiger partial charge < -0.3 is 15.7 Å². The number of nitrogens with one attached hydrogen (secondary N) is 3. The van der Waals surface area contributed by atoms with Gasteiger partial charge in [0.25, 0.3) is 0 Å². The van der Waals surface area contributed by atoms with Gasteiger partial charge >= 0.3 is 0 Å². The van der Waals surface area contributed by atoms with Gasteiger partial charge in [-0.25, -0.2) is 4.39 Å². The smallest absolute Gasteiger partial charge is 0.123 e. The van der Waals surface area contributed by atoms with Crippen LogP contribution in [0.15, 0.2) is 48.8 Å². The Morgan fingerprint density at radius 3 is 2.74 bits per heavy atom. The van der Waals surface area contributed by atoms with Crippen LogP contribution in [0.5, 0.6) is 0 Å². The van der Waals surface area contributed by atoms with Gasteiger partial charge in [0.1, 0.15) is 17.6 Å². The molecule has 4 aromatic rings. The molecule has 0 aliphatic heterocycles. The molecule has 4 N–H and O–H groups in total. The Balaban J connectivity index is 1.56. The van der Waals surface area contributed by atoms with E-state index in [1.807, 2.05) is 6.07 Å². The van der Waals surface area contributed by atoms with E-state index >= 15 is 0 Å². The third-order valence-corrected chi connectivity index (χ3v) is 6.57. The van der Waals surface area contributed by atoms with Crippen molar-refractivity contribution in [3.8, 4) is 6.07 Å². The number of aliphatic hydroxyl groups is 1. The van der Waals surface area contributed by atoms with E-state index in [0.717, 1.165) is 24.8 Å². The molecule has 1 saturated carbocycles. The summed E-state index contributed by atoms with van der Waals surface area (Å²) in [6, 6.07) is 11.6. The molecule has 2 unspecified atom stereocenters. The lowest BCUT2D eigenvalue weighted by Gasteiger charge is -2.28. The summed E-state index contributed by atoms with van der Waals surface area (Å²) >= 11 is 6.63. The summed E-state index contributed by atoms with van der Waals surface area (Å²) in [5, 5.41) is 38.6. The van der Waals surface area contributed by atoms with Gasteiger partial charge in [0, 0.05) is 23.3 Å². The molecule has 0 saturated heterocycles. The monoisotopic (exact) mass is 491 g/mol. The number of aliphatic hydroxyl groups excluding tert-OH is 1. The lowest BCUT2D eigenvalue weighted by Crippen LogP contribution is -2.30. The first-order chi connectivity index (χ1) is 17.0. The standard InChI is InChI=1S/C25H23ClFN7O/c26-21-10-18(32-24(22-13-30-34-33-22)14-4-6-16(27)7-5-14)9-20-23(15(11-28)12-29-25(20)21)31-17-2-1-3-19(35)8-17/h4-7,9-10,12-13,17,19,24,32,35H,1-3,8H2,(H,29,31)(H,30,33,34)/t17?,19?,24-/m0/s1. The number of pyridine rings is 1. The molecule has 0 spiro atoms. The number of hydrogen-bond donors (Lipinski definition) is 4. The number of anilines is 2. The van der Waals surface area contributed by atoms with Crippen molar-refractivity contribution < 1.29 is 9.50 Å². The number of nitrogens with zero attached hydrogens (tertiary/aromatic N) is 4. The first-order valence-corrected chi connectivity index (χ1v) is 11.7. The normalized spacial score (nSPS) is 18.7. The predicted octanol–water partition coefficient (Wildman–Crippen LogP) is 4.93. The van der Waals surface area contributed by atoms with Crippen molar-refractivity contribution in [1.29, 1.82) is 5.26 Å². The predicted molar refractivity (Wildman–Crippen MR) is 132 cm³/mol. The van der Waals surface area contributed by atoms with E-state index in [1.165, 1.54) is 18.3 Å². The lowest BCUT2D eigenvalue weighted by atomic mass is 9.92. The highest BCUT2D eigenvalue weighted by Gasteiger charge is 2.23. The Hall–Kier alpha value is -3.74. The molecule has 1 fully saturated rings. The molecule has 1 aliphatic carbocycles. The number of halogens is 2. The van der Waals surface area contributed by atoms with Gasteiger partial charge in [0.2, 0.25) is 0 Å². The summed E-state index contributed by atoms with van der Waals surface area (Å²) in [5.41, 5.74) is 3.68. The zero-order valence-electron chi connectivity index (χ0n) is 18.7. The third kappa shape index (κ3) is 4.90. The molecule has 35 heavy (non-hydrogen) atoms. The van der Waals surface area contributed by atoms with Crippen LogP contribution in [-0.2, 0) is 0 Å². The average Bonchev–Trinajstić information content (AvgIpc) is 3.38. The topological polar surface area (TPSA) is 123 Å². The number of aromatic nitrogens is 4. The number of rotatable bonds is 6. The number of nitriles is 1. The Bertz CT molecular complexity index is 1370. The maximum Gasteiger partial charge on any atom is 0.123 e. The zero-order chi connectivity index (χ0) is 24.4. The highest BCUT2D eigenvalue weighted by molar-refractivity contribution is 6.35. The minimum atomic E-state index is -0.431. The quantitative estimate of drug-likeness (QED) is 0.301. The molecule has 2 aromatic carbocycles. The van der Waals surface area contributed by atoms with Gasteiger partial charge in [-0.05, 0) is 55.5 Å². The first kappa shape index (κ1) is 23.0. The molecule has 0 radical (unpaired) electrons. The molecule has 5 rings (SSSR count). The molecule has 10 heteroatoms. The highest BCUT2D eigenvalue weighted by Crippen LogP contribution is 2.36. The maximum atomic E-state index is 13.6. The van der Waals surface area contributed by atoms with Gasteiger partial charge in [0.05, 0.1) is 40.1 Å². The SMILES string of the molecule is N#Cc1cnc2c(Cl)cc(N[C@@H](c3ccc(F)cc3)c3cn[nH]n3)cc2c1NC1CCCC(O)C1. The Morgan fingerprint density at radius 1 is 1.20 bits per heavy atom. The summed E-state index contributed by atoms with van der Waals surface area (Å²) in [7, 11) is 0. The van der Waals surface area contributed by atoms with E-state index in [4.69, 9.17) is 11.6 Å². The van der Waals surface area contributed by atoms with Crippen LogP contribution in [0.1, 0.15) is 48.5 Å². The molecular weight excluding hydrogens is 469 g/mol. The van der Waals surface area contributed by atoms with Crippen LogP contribution in [0.25, 0.3) is 10.9 Å². The molecule has 8 nitrogen and oxygen atoms in total. The molecular formula is C25H23ClFN7O. The summed E-state index contributed by atoms with van der Waals surface area (Å²) < 4.78 is 13.6. The van der Waals surface area contributed by atoms with Crippen molar-refractivity contribution >= 4 is 33.9 Å². The molecule has 2 aromatic heterocycles. The van der Waals surface area contributed by atoms with Crippen LogP contribution in [0, 0.1) is 17.1 Å². The van der Waals surface area contributed by atoms with Crippen LogP contribution >= 0.6 is 11.6 Å². The Kier molecular flexibility index (Phi) is 6.49. The van der Waals surface area contributed by atoms with Gasteiger partial charge in [-0.2, -0.15) is 20.7 Å². The summed E-state index contributed by atoms with van der Waals surface area (Å²) in [5.74, 6) is -0.333. The second-order valence-corrected chi connectivity index (χ2v) is 9.11. The molecule has 178 valence electrons. The van der Waals surface area contributed by atoms with Crippen molar-refractivity contribution in [2.75, 3.05) is 10.6 Å². The fourth-order valence-electron chi connectivity index (χ4n) is 4.58. The van der Waals surface area contributed by atoms with Gasteiger partial charge in [-0.3, -0.25) is 4.98 Å².